The third-order valence-electron chi connectivity index (χ3n) is 1.69. The second-order valence-electron chi connectivity index (χ2n) is 2.61. The molecule has 2 N–H and O–H groups in total. The molecule has 1 aromatic carbocycles. The Hall–Kier alpha value is -1.15. The van der Waals surface area contributed by atoms with Crippen LogP contribution in [0.15, 0.2) is 24.3 Å². The van der Waals surface area contributed by atoms with Gasteiger partial charge in [-0.25, -0.2) is 4.39 Å². The summed E-state index contributed by atoms with van der Waals surface area (Å²) in [5, 5.41) is 0. The van der Waals surface area contributed by atoms with Crippen molar-refractivity contribution in [2.75, 3.05) is 6.54 Å². The number of hydrogen-bond donors (Lipinski definition) is 1. The van der Waals surface area contributed by atoms with Gasteiger partial charge in [-0.2, -0.15) is 0 Å². The predicted molar refractivity (Wildman–Crippen MR) is 49.2 cm³/mol. The van der Waals surface area contributed by atoms with Crippen LogP contribution in [0.2, 0.25) is 0 Å². The topological polar surface area (TPSA) is 26.0 Å². The molecule has 0 aliphatic carbocycles. The van der Waals surface area contributed by atoms with Crippen molar-refractivity contribution >= 4 is 6.08 Å². The van der Waals surface area contributed by atoms with Crippen LogP contribution in [0.5, 0.6) is 0 Å². The number of halogens is 1. The Morgan fingerprint density at radius 1 is 1.50 bits per heavy atom. The lowest BCUT2D eigenvalue weighted by Crippen LogP contribution is -1.93. The summed E-state index contributed by atoms with van der Waals surface area (Å²) in [4.78, 5) is 0. The molecule has 0 aliphatic heterocycles. The van der Waals surface area contributed by atoms with E-state index in [2.05, 4.69) is 0 Å². The number of rotatable bonds is 2. The molecule has 1 nitrogen and oxygen atoms in total. The molecule has 0 heterocycles. The van der Waals surface area contributed by atoms with Crippen molar-refractivity contribution in [2.45, 2.75) is 6.92 Å². The monoisotopic (exact) mass is 165 g/mol. The quantitative estimate of drug-likeness (QED) is 0.713. The van der Waals surface area contributed by atoms with E-state index in [-0.39, 0.29) is 5.82 Å². The molecule has 0 radical (unpaired) electrons. The second kappa shape index (κ2) is 4.02. The fourth-order valence-electron chi connectivity index (χ4n) is 1.04. The summed E-state index contributed by atoms with van der Waals surface area (Å²) in [5.41, 5.74) is 6.83. The molecule has 0 atom stereocenters. The highest BCUT2D eigenvalue weighted by Gasteiger charge is 1.99. The molecule has 0 saturated carbocycles. The van der Waals surface area contributed by atoms with E-state index in [0.29, 0.717) is 12.1 Å². The van der Waals surface area contributed by atoms with Gasteiger partial charge >= 0.3 is 0 Å². The van der Waals surface area contributed by atoms with Crippen LogP contribution in [-0.4, -0.2) is 6.54 Å². The zero-order valence-corrected chi connectivity index (χ0v) is 7.05. The van der Waals surface area contributed by atoms with Crippen molar-refractivity contribution in [1.29, 1.82) is 0 Å². The molecule has 0 aliphatic rings. The minimum Gasteiger partial charge on any atom is -0.327 e. The van der Waals surface area contributed by atoms with E-state index >= 15 is 0 Å². The maximum Gasteiger partial charge on any atom is 0.130 e. The fraction of sp³-hybridized carbons (Fsp3) is 0.200. The van der Waals surface area contributed by atoms with E-state index < -0.39 is 0 Å². The molecular weight excluding hydrogens is 153 g/mol. The van der Waals surface area contributed by atoms with Gasteiger partial charge in [0.25, 0.3) is 0 Å². The molecule has 0 fully saturated rings. The van der Waals surface area contributed by atoms with Gasteiger partial charge in [-0.1, -0.05) is 24.3 Å². The van der Waals surface area contributed by atoms with E-state index in [4.69, 9.17) is 5.73 Å². The van der Waals surface area contributed by atoms with Crippen LogP contribution in [0.25, 0.3) is 6.08 Å². The number of aryl methyl sites for hydroxylation is 1. The Morgan fingerprint density at radius 2 is 2.25 bits per heavy atom. The molecule has 0 saturated heterocycles. The predicted octanol–water partition coefficient (Wildman–Crippen LogP) is 2.11. The number of benzene rings is 1. The molecule has 0 spiro atoms. The first kappa shape index (κ1) is 8.94. The van der Waals surface area contributed by atoms with E-state index in [1.807, 2.05) is 13.0 Å². The average molecular weight is 165 g/mol. The first-order valence-corrected chi connectivity index (χ1v) is 3.87. The summed E-state index contributed by atoms with van der Waals surface area (Å²) in [6.45, 7) is 2.31. The van der Waals surface area contributed by atoms with Crippen LogP contribution in [0.3, 0.4) is 0 Å². The molecule has 0 bridgehead atoms. The minimum absolute atomic E-state index is 0.195. The first-order chi connectivity index (χ1) is 5.75. The zero-order valence-electron chi connectivity index (χ0n) is 7.05. The zero-order chi connectivity index (χ0) is 8.97. The lowest BCUT2D eigenvalue weighted by atomic mass is 10.1. The van der Waals surface area contributed by atoms with Gasteiger partial charge in [0.15, 0.2) is 0 Å². The Balaban J connectivity index is 3.04. The standard InChI is InChI=1S/C10H12FN/c1-8-4-2-6-10(11)9(8)5-3-7-12/h2-6H,7,12H2,1H3. The smallest absolute Gasteiger partial charge is 0.130 e. The van der Waals surface area contributed by atoms with Crippen LogP contribution in [0.1, 0.15) is 11.1 Å². The molecule has 64 valence electrons. The maximum absolute atomic E-state index is 13.1. The fourth-order valence-corrected chi connectivity index (χ4v) is 1.04. The van der Waals surface area contributed by atoms with Crippen molar-refractivity contribution < 1.29 is 4.39 Å². The lowest BCUT2D eigenvalue weighted by Gasteiger charge is -2.00. The largest absolute Gasteiger partial charge is 0.327 e. The summed E-state index contributed by atoms with van der Waals surface area (Å²) in [5.74, 6) is -0.195. The summed E-state index contributed by atoms with van der Waals surface area (Å²) in [6.07, 6.45) is 3.45. The van der Waals surface area contributed by atoms with E-state index in [9.17, 15) is 4.39 Å². The Morgan fingerprint density at radius 3 is 2.83 bits per heavy atom. The average Bonchev–Trinajstić information content (AvgIpc) is 2.04. The Bertz CT molecular complexity index is 272. The Kier molecular flexibility index (Phi) is 3.00. The molecule has 0 amide bonds. The summed E-state index contributed by atoms with van der Waals surface area (Å²) in [6, 6.07) is 5.02. The van der Waals surface area contributed by atoms with Crippen LogP contribution < -0.4 is 5.73 Å². The van der Waals surface area contributed by atoms with Crippen LogP contribution >= 0.6 is 0 Å². The third-order valence-corrected chi connectivity index (χ3v) is 1.69. The lowest BCUT2D eigenvalue weighted by molar-refractivity contribution is 0.623. The molecule has 1 rings (SSSR count). The highest BCUT2D eigenvalue weighted by Crippen LogP contribution is 2.13. The molecule has 0 unspecified atom stereocenters. The molecule has 12 heavy (non-hydrogen) atoms. The Labute approximate surface area is 71.7 Å². The van der Waals surface area contributed by atoms with E-state index in [1.165, 1.54) is 6.07 Å². The number of hydrogen-bond acceptors (Lipinski definition) is 1. The van der Waals surface area contributed by atoms with Crippen molar-refractivity contribution in [3.8, 4) is 0 Å². The summed E-state index contributed by atoms with van der Waals surface area (Å²) in [7, 11) is 0. The SMILES string of the molecule is Cc1cccc(F)c1C=CCN. The van der Waals surface area contributed by atoms with Gasteiger partial charge in [0.1, 0.15) is 5.82 Å². The van der Waals surface area contributed by atoms with Crippen LogP contribution in [-0.2, 0) is 0 Å². The van der Waals surface area contributed by atoms with Crippen LogP contribution in [0.4, 0.5) is 4.39 Å². The van der Waals surface area contributed by atoms with Gasteiger partial charge in [0, 0.05) is 12.1 Å². The van der Waals surface area contributed by atoms with Gasteiger partial charge in [-0.05, 0) is 18.6 Å². The maximum atomic E-state index is 13.1. The normalized spacial score (nSPS) is 10.9. The highest BCUT2D eigenvalue weighted by atomic mass is 19.1. The molecular formula is C10H12FN. The second-order valence-corrected chi connectivity index (χ2v) is 2.61. The number of nitrogens with two attached hydrogens (primary N) is 1. The van der Waals surface area contributed by atoms with Crippen molar-refractivity contribution in [2.24, 2.45) is 5.73 Å². The van der Waals surface area contributed by atoms with Crippen LogP contribution in [0, 0.1) is 12.7 Å². The minimum atomic E-state index is -0.195. The van der Waals surface area contributed by atoms with Crippen molar-refractivity contribution in [3.63, 3.8) is 0 Å². The van der Waals surface area contributed by atoms with Gasteiger partial charge in [0.05, 0.1) is 0 Å². The molecule has 2 heteroatoms. The summed E-state index contributed by atoms with van der Waals surface area (Å²) < 4.78 is 13.1. The van der Waals surface area contributed by atoms with Crippen molar-refractivity contribution in [3.05, 3.63) is 41.2 Å². The molecule has 0 aromatic heterocycles. The highest BCUT2D eigenvalue weighted by molar-refractivity contribution is 5.54. The van der Waals surface area contributed by atoms with E-state index in [0.717, 1.165) is 5.56 Å². The van der Waals surface area contributed by atoms with E-state index in [1.54, 1.807) is 18.2 Å². The van der Waals surface area contributed by atoms with Gasteiger partial charge < -0.3 is 5.73 Å². The van der Waals surface area contributed by atoms with Gasteiger partial charge in [-0.3, -0.25) is 0 Å². The van der Waals surface area contributed by atoms with Crippen molar-refractivity contribution in [1.82, 2.24) is 0 Å². The van der Waals surface area contributed by atoms with Gasteiger partial charge in [-0.15, -0.1) is 0 Å². The summed E-state index contributed by atoms with van der Waals surface area (Å²) >= 11 is 0. The molecule has 1 aromatic rings. The first-order valence-electron chi connectivity index (χ1n) is 3.87. The third kappa shape index (κ3) is 1.92. The van der Waals surface area contributed by atoms with Gasteiger partial charge in [0.2, 0.25) is 0 Å².